The van der Waals surface area contributed by atoms with Gasteiger partial charge in [0, 0.05) is 13.1 Å². The lowest BCUT2D eigenvalue weighted by Crippen LogP contribution is -2.47. The quantitative estimate of drug-likeness (QED) is 0.735. The Kier molecular flexibility index (Phi) is 5.92. The van der Waals surface area contributed by atoms with Crippen molar-refractivity contribution in [2.24, 2.45) is 11.8 Å². The van der Waals surface area contributed by atoms with Crippen LogP contribution in [0.15, 0.2) is 0 Å². The van der Waals surface area contributed by atoms with Crippen molar-refractivity contribution >= 4 is 5.91 Å². The van der Waals surface area contributed by atoms with Crippen LogP contribution in [0.5, 0.6) is 0 Å². The van der Waals surface area contributed by atoms with Gasteiger partial charge in [0.25, 0.3) is 5.91 Å². The highest BCUT2D eigenvalue weighted by Crippen LogP contribution is 2.10. The van der Waals surface area contributed by atoms with Gasteiger partial charge in [0.05, 0.1) is 19.8 Å². The van der Waals surface area contributed by atoms with Crippen LogP contribution < -0.4 is 0 Å². The Morgan fingerprint density at radius 3 is 2.18 bits per heavy atom. The molecule has 4 heteroatoms. The first kappa shape index (κ1) is 14.5. The summed E-state index contributed by atoms with van der Waals surface area (Å²) >= 11 is 0. The van der Waals surface area contributed by atoms with Crippen molar-refractivity contribution in [3.63, 3.8) is 0 Å². The molecular weight excluding hydrogens is 218 g/mol. The minimum atomic E-state index is -0.402. The number of amides is 1. The summed E-state index contributed by atoms with van der Waals surface area (Å²) in [4.78, 5) is 14.2. The van der Waals surface area contributed by atoms with Crippen LogP contribution in [0.3, 0.4) is 0 Å². The van der Waals surface area contributed by atoms with E-state index in [0.717, 1.165) is 13.1 Å². The van der Waals surface area contributed by atoms with Gasteiger partial charge in [-0.05, 0) is 11.8 Å². The van der Waals surface area contributed by atoms with Crippen LogP contribution in [-0.2, 0) is 14.3 Å². The van der Waals surface area contributed by atoms with Crippen LogP contribution in [0.4, 0.5) is 0 Å². The second-order valence-corrected chi connectivity index (χ2v) is 5.47. The van der Waals surface area contributed by atoms with Crippen molar-refractivity contribution in [3.05, 3.63) is 0 Å². The zero-order valence-electron chi connectivity index (χ0n) is 11.4. The molecule has 1 aliphatic heterocycles. The molecular formula is C13H25NO3. The van der Waals surface area contributed by atoms with Crippen molar-refractivity contribution in [2.45, 2.75) is 33.8 Å². The maximum atomic E-state index is 12.3. The van der Waals surface area contributed by atoms with Crippen molar-refractivity contribution in [1.29, 1.82) is 0 Å². The lowest BCUT2D eigenvalue weighted by molar-refractivity contribution is -0.159. The zero-order valence-corrected chi connectivity index (χ0v) is 11.4. The van der Waals surface area contributed by atoms with Crippen LogP contribution in [0.25, 0.3) is 0 Å². The molecule has 1 atom stereocenters. The highest BCUT2D eigenvalue weighted by atomic mass is 16.6. The first-order valence-electron chi connectivity index (χ1n) is 6.48. The topological polar surface area (TPSA) is 38.8 Å². The Hall–Kier alpha value is -0.610. The van der Waals surface area contributed by atoms with Gasteiger partial charge >= 0.3 is 0 Å². The SMILES string of the molecule is CC(C)CN(CC(C)C)C(=O)C1COCCO1. The third kappa shape index (κ3) is 5.04. The van der Waals surface area contributed by atoms with Gasteiger partial charge in [-0.15, -0.1) is 0 Å². The van der Waals surface area contributed by atoms with E-state index in [1.807, 2.05) is 4.90 Å². The number of hydrogen-bond acceptors (Lipinski definition) is 3. The van der Waals surface area contributed by atoms with Crippen molar-refractivity contribution in [1.82, 2.24) is 4.90 Å². The fourth-order valence-corrected chi connectivity index (χ4v) is 1.97. The Bertz CT molecular complexity index is 225. The highest BCUT2D eigenvalue weighted by Gasteiger charge is 2.28. The fourth-order valence-electron chi connectivity index (χ4n) is 1.97. The van der Waals surface area contributed by atoms with E-state index < -0.39 is 6.10 Å². The van der Waals surface area contributed by atoms with Gasteiger partial charge in [-0.1, -0.05) is 27.7 Å². The van der Waals surface area contributed by atoms with Crippen molar-refractivity contribution < 1.29 is 14.3 Å². The van der Waals surface area contributed by atoms with Crippen LogP contribution in [0.1, 0.15) is 27.7 Å². The fraction of sp³-hybridized carbons (Fsp3) is 0.923. The number of nitrogens with zero attached hydrogens (tertiary/aromatic N) is 1. The van der Waals surface area contributed by atoms with E-state index in [1.54, 1.807) is 0 Å². The largest absolute Gasteiger partial charge is 0.376 e. The summed E-state index contributed by atoms with van der Waals surface area (Å²) in [7, 11) is 0. The van der Waals surface area contributed by atoms with Crippen LogP contribution in [0.2, 0.25) is 0 Å². The number of rotatable bonds is 5. The summed E-state index contributed by atoms with van der Waals surface area (Å²) in [5.41, 5.74) is 0. The molecule has 0 radical (unpaired) electrons. The normalized spacial score (nSPS) is 20.9. The van der Waals surface area contributed by atoms with Gasteiger partial charge in [-0.3, -0.25) is 4.79 Å². The average Bonchev–Trinajstić information content (AvgIpc) is 2.27. The summed E-state index contributed by atoms with van der Waals surface area (Å²) in [5.74, 6) is 1.02. The number of ether oxygens (including phenoxy) is 2. The van der Waals surface area contributed by atoms with E-state index in [4.69, 9.17) is 9.47 Å². The molecule has 4 nitrogen and oxygen atoms in total. The Labute approximate surface area is 104 Å². The molecule has 1 saturated heterocycles. The molecule has 0 N–H and O–H groups in total. The summed E-state index contributed by atoms with van der Waals surface area (Å²) in [6, 6.07) is 0. The molecule has 1 unspecified atom stereocenters. The van der Waals surface area contributed by atoms with Gasteiger partial charge in [-0.2, -0.15) is 0 Å². The standard InChI is InChI=1S/C13H25NO3/c1-10(2)7-14(8-11(3)4)13(15)12-9-16-5-6-17-12/h10-12H,5-9H2,1-4H3. The molecule has 1 rings (SSSR count). The third-order valence-electron chi connectivity index (χ3n) is 2.57. The summed E-state index contributed by atoms with van der Waals surface area (Å²) < 4.78 is 10.8. The molecule has 0 bridgehead atoms. The first-order chi connectivity index (χ1) is 8.00. The second-order valence-electron chi connectivity index (χ2n) is 5.47. The molecule has 1 fully saturated rings. The molecule has 0 spiro atoms. The minimum absolute atomic E-state index is 0.0760. The summed E-state index contributed by atoms with van der Waals surface area (Å²) in [6.45, 7) is 11.6. The van der Waals surface area contributed by atoms with Crippen LogP contribution in [0, 0.1) is 11.8 Å². The number of carbonyl (C=O) groups is 1. The molecule has 0 aromatic carbocycles. The van der Waals surface area contributed by atoms with Crippen LogP contribution in [-0.4, -0.2) is 49.8 Å². The lowest BCUT2D eigenvalue weighted by atomic mass is 10.1. The predicted molar refractivity (Wildman–Crippen MR) is 66.8 cm³/mol. The number of carbonyl (C=O) groups excluding carboxylic acids is 1. The predicted octanol–water partition coefficient (Wildman–Crippen LogP) is 1.54. The number of hydrogen-bond donors (Lipinski definition) is 0. The van der Waals surface area contributed by atoms with E-state index >= 15 is 0 Å². The van der Waals surface area contributed by atoms with Crippen LogP contribution >= 0.6 is 0 Å². The summed E-state index contributed by atoms with van der Waals surface area (Å²) in [5, 5.41) is 0. The van der Waals surface area contributed by atoms with Gasteiger partial charge in [0.2, 0.25) is 0 Å². The van der Waals surface area contributed by atoms with Gasteiger partial charge in [-0.25, -0.2) is 0 Å². The molecule has 0 saturated carbocycles. The van der Waals surface area contributed by atoms with Gasteiger partial charge in [0.15, 0.2) is 6.10 Å². The third-order valence-corrected chi connectivity index (χ3v) is 2.57. The van der Waals surface area contributed by atoms with Crippen molar-refractivity contribution in [3.8, 4) is 0 Å². The van der Waals surface area contributed by atoms with Gasteiger partial charge in [0.1, 0.15) is 0 Å². The van der Waals surface area contributed by atoms with E-state index in [9.17, 15) is 4.79 Å². The molecule has 1 aliphatic rings. The molecule has 0 aromatic rings. The van der Waals surface area contributed by atoms with Crippen molar-refractivity contribution in [2.75, 3.05) is 32.9 Å². The first-order valence-corrected chi connectivity index (χ1v) is 6.48. The average molecular weight is 243 g/mol. The maximum Gasteiger partial charge on any atom is 0.254 e. The molecule has 0 aliphatic carbocycles. The van der Waals surface area contributed by atoms with E-state index in [-0.39, 0.29) is 5.91 Å². The summed E-state index contributed by atoms with van der Waals surface area (Å²) in [6.07, 6.45) is -0.402. The highest BCUT2D eigenvalue weighted by molar-refractivity contribution is 5.81. The molecule has 1 amide bonds. The Morgan fingerprint density at radius 1 is 1.18 bits per heavy atom. The zero-order chi connectivity index (χ0) is 12.8. The van der Waals surface area contributed by atoms with Gasteiger partial charge < -0.3 is 14.4 Å². The maximum absolute atomic E-state index is 12.3. The molecule has 100 valence electrons. The molecule has 0 aromatic heterocycles. The van der Waals surface area contributed by atoms with E-state index in [2.05, 4.69) is 27.7 Å². The smallest absolute Gasteiger partial charge is 0.254 e. The molecule has 1 heterocycles. The monoisotopic (exact) mass is 243 g/mol. The minimum Gasteiger partial charge on any atom is -0.376 e. The second kappa shape index (κ2) is 6.97. The van der Waals surface area contributed by atoms with E-state index in [0.29, 0.717) is 31.7 Å². The lowest BCUT2D eigenvalue weighted by Gasteiger charge is -2.31. The Morgan fingerprint density at radius 2 is 1.76 bits per heavy atom. The molecule has 17 heavy (non-hydrogen) atoms. The van der Waals surface area contributed by atoms with E-state index in [1.165, 1.54) is 0 Å². The Balaban J connectivity index is 2.56.